The van der Waals surface area contributed by atoms with Gasteiger partial charge in [-0.3, -0.25) is 15.1 Å². The molecule has 0 spiro atoms. The first-order valence-electron chi connectivity index (χ1n) is 6.65. The zero-order chi connectivity index (χ0) is 13.9. The molecule has 0 unspecified atom stereocenters. The summed E-state index contributed by atoms with van der Waals surface area (Å²) in [7, 11) is 0. The van der Waals surface area contributed by atoms with Crippen LogP contribution in [0.25, 0.3) is 10.9 Å². The number of nitro groups is 1. The Balaban J connectivity index is 1.99. The molecule has 1 saturated heterocycles. The average Bonchev–Trinajstić information content (AvgIpc) is 2.48. The molecule has 6 heteroatoms. The van der Waals surface area contributed by atoms with E-state index in [2.05, 4.69) is 10.3 Å². The Morgan fingerprint density at radius 1 is 1.30 bits per heavy atom. The van der Waals surface area contributed by atoms with Gasteiger partial charge in [0.15, 0.2) is 0 Å². The fourth-order valence-electron chi connectivity index (χ4n) is 2.48. The van der Waals surface area contributed by atoms with Crippen LogP contribution in [0.4, 0.5) is 5.69 Å². The number of hydrogen-bond acceptors (Lipinski definition) is 5. The summed E-state index contributed by atoms with van der Waals surface area (Å²) in [5.41, 5.74) is 0.617. The van der Waals surface area contributed by atoms with E-state index in [0.717, 1.165) is 25.9 Å². The summed E-state index contributed by atoms with van der Waals surface area (Å²) >= 11 is 0. The summed E-state index contributed by atoms with van der Waals surface area (Å²) in [6.07, 6.45) is 3.64. The van der Waals surface area contributed by atoms with Gasteiger partial charge in [0.2, 0.25) is 0 Å². The molecule has 2 heterocycles. The summed E-state index contributed by atoms with van der Waals surface area (Å²) in [6.45, 7) is 1.87. The summed E-state index contributed by atoms with van der Waals surface area (Å²) in [5.74, 6) is 0.623. The van der Waals surface area contributed by atoms with Crippen molar-refractivity contribution < 1.29 is 9.66 Å². The molecule has 1 aromatic carbocycles. The van der Waals surface area contributed by atoms with Crippen LogP contribution < -0.4 is 10.1 Å². The molecule has 0 radical (unpaired) electrons. The van der Waals surface area contributed by atoms with Crippen molar-refractivity contribution in [2.75, 3.05) is 13.1 Å². The predicted molar refractivity (Wildman–Crippen MR) is 74.9 cm³/mol. The molecule has 1 fully saturated rings. The van der Waals surface area contributed by atoms with Crippen molar-refractivity contribution in [3.05, 3.63) is 40.6 Å². The van der Waals surface area contributed by atoms with Crippen LogP contribution in [0.5, 0.6) is 5.75 Å². The molecule has 0 saturated carbocycles. The summed E-state index contributed by atoms with van der Waals surface area (Å²) in [4.78, 5) is 14.9. The smallest absolute Gasteiger partial charge is 0.279 e. The monoisotopic (exact) mass is 273 g/mol. The number of ether oxygens (including phenoxy) is 1. The normalized spacial score (nSPS) is 16.2. The highest BCUT2D eigenvalue weighted by Gasteiger charge is 2.19. The third-order valence-electron chi connectivity index (χ3n) is 3.49. The third kappa shape index (κ3) is 2.42. The van der Waals surface area contributed by atoms with Crippen LogP contribution in [-0.4, -0.2) is 29.1 Å². The van der Waals surface area contributed by atoms with E-state index < -0.39 is 4.92 Å². The van der Waals surface area contributed by atoms with Crippen LogP contribution in [0.3, 0.4) is 0 Å². The van der Waals surface area contributed by atoms with E-state index in [1.54, 1.807) is 24.4 Å². The third-order valence-corrected chi connectivity index (χ3v) is 3.49. The second-order valence-corrected chi connectivity index (χ2v) is 4.81. The zero-order valence-corrected chi connectivity index (χ0v) is 10.9. The number of rotatable bonds is 3. The lowest BCUT2D eigenvalue weighted by Gasteiger charge is -2.24. The van der Waals surface area contributed by atoms with Crippen LogP contribution >= 0.6 is 0 Å². The van der Waals surface area contributed by atoms with Gasteiger partial charge in [-0.25, -0.2) is 0 Å². The topological polar surface area (TPSA) is 77.3 Å². The van der Waals surface area contributed by atoms with Gasteiger partial charge >= 0.3 is 0 Å². The van der Waals surface area contributed by atoms with Crippen molar-refractivity contribution in [3.8, 4) is 5.75 Å². The van der Waals surface area contributed by atoms with Crippen molar-refractivity contribution in [2.24, 2.45) is 0 Å². The van der Waals surface area contributed by atoms with E-state index in [-0.39, 0.29) is 11.8 Å². The Labute approximate surface area is 115 Å². The molecule has 2 aromatic rings. The lowest BCUT2D eigenvalue weighted by molar-refractivity contribution is -0.383. The molecule has 0 aliphatic carbocycles. The molecule has 6 nitrogen and oxygen atoms in total. The van der Waals surface area contributed by atoms with Crippen LogP contribution in [0.15, 0.2) is 30.5 Å². The minimum atomic E-state index is -0.391. The number of benzene rings is 1. The van der Waals surface area contributed by atoms with Gasteiger partial charge in [0, 0.05) is 12.3 Å². The number of pyridine rings is 1. The van der Waals surface area contributed by atoms with Crippen molar-refractivity contribution in [1.82, 2.24) is 10.3 Å². The number of hydrogen-bond donors (Lipinski definition) is 1. The number of nitrogens with zero attached hydrogens (tertiary/aromatic N) is 2. The number of nitro benzene ring substituents is 1. The van der Waals surface area contributed by atoms with Gasteiger partial charge in [-0.05, 0) is 44.1 Å². The summed E-state index contributed by atoms with van der Waals surface area (Å²) in [6, 6.07) is 6.54. The Morgan fingerprint density at radius 3 is 2.85 bits per heavy atom. The molecule has 0 bridgehead atoms. The van der Waals surface area contributed by atoms with Gasteiger partial charge < -0.3 is 10.1 Å². The molecule has 104 valence electrons. The first kappa shape index (κ1) is 12.8. The van der Waals surface area contributed by atoms with Crippen molar-refractivity contribution >= 4 is 16.6 Å². The Bertz CT molecular complexity index is 639. The Hall–Kier alpha value is -2.21. The first-order chi connectivity index (χ1) is 9.75. The maximum absolute atomic E-state index is 11.0. The van der Waals surface area contributed by atoms with Gasteiger partial charge in [-0.2, -0.15) is 0 Å². The van der Waals surface area contributed by atoms with Crippen LogP contribution in [-0.2, 0) is 0 Å². The quantitative estimate of drug-likeness (QED) is 0.685. The fourth-order valence-corrected chi connectivity index (χ4v) is 2.48. The number of non-ortho nitro benzene ring substituents is 1. The Kier molecular flexibility index (Phi) is 3.47. The van der Waals surface area contributed by atoms with E-state index in [4.69, 9.17) is 4.74 Å². The summed E-state index contributed by atoms with van der Waals surface area (Å²) < 4.78 is 5.98. The van der Waals surface area contributed by atoms with Gasteiger partial charge in [0.25, 0.3) is 5.69 Å². The molecule has 1 N–H and O–H groups in total. The number of piperidine rings is 1. The standard InChI is InChI=1S/C14H15N3O3/c18-17(19)12-3-4-13(14-11(12)2-1-7-16-14)20-10-5-8-15-9-6-10/h1-4,7,10,15H,5-6,8-9H2. The van der Waals surface area contributed by atoms with E-state index >= 15 is 0 Å². The zero-order valence-electron chi connectivity index (χ0n) is 10.9. The second kappa shape index (κ2) is 5.42. The maximum atomic E-state index is 11.0. The number of fused-ring (bicyclic) bond motifs is 1. The summed E-state index contributed by atoms with van der Waals surface area (Å²) in [5, 5.41) is 14.8. The van der Waals surface area contributed by atoms with Crippen LogP contribution in [0.2, 0.25) is 0 Å². The lowest BCUT2D eigenvalue weighted by Crippen LogP contribution is -2.34. The minimum absolute atomic E-state index is 0.0609. The number of aromatic nitrogens is 1. The SMILES string of the molecule is O=[N+]([O-])c1ccc(OC2CCNCC2)c2ncccc12. The minimum Gasteiger partial charge on any atom is -0.488 e. The van der Waals surface area contributed by atoms with Gasteiger partial charge in [-0.1, -0.05) is 0 Å². The predicted octanol–water partition coefficient (Wildman–Crippen LogP) is 2.27. The van der Waals surface area contributed by atoms with Crippen molar-refractivity contribution in [3.63, 3.8) is 0 Å². The molecular formula is C14H15N3O3. The van der Waals surface area contributed by atoms with E-state index in [1.807, 2.05) is 0 Å². The lowest BCUT2D eigenvalue weighted by atomic mass is 10.1. The van der Waals surface area contributed by atoms with Crippen LogP contribution in [0.1, 0.15) is 12.8 Å². The van der Waals surface area contributed by atoms with Crippen molar-refractivity contribution in [1.29, 1.82) is 0 Å². The highest BCUT2D eigenvalue weighted by Crippen LogP contribution is 2.32. The van der Waals surface area contributed by atoms with Crippen molar-refractivity contribution in [2.45, 2.75) is 18.9 Å². The van der Waals surface area contributed by atoms with E-state index in [9.17, 15) is 10.1 Å². The first-order valence-corrected chi connectivity index (χ1v) is 6.65. The molecular weight excluding hydrogens is 258 g/mol. The van der Waals surface area contributed by atoms with Gasteiger partial charge in [0.1, 0.15) is 17.4 Å². The maximum Gasteiger partial charge on any atom is 0.279 e. The Morgan fingerprint density at radius 2 is 2.10 bits per heavy atom. The molecule has 0 amide bonds. The highest BCUT2D eigenvalue weighted by molar-refractivity contribution is 5.92. The largest absolute Gasteiger partial charge is 0.488 e. The fraction of sp³-hybridized carbons (Fsp3) is 0.357. The molecule has 0 atom stereocenters. The van der Waals surface area contributed by atoms with Gasteiger partial charge in [0.05, 0.1) is 10.3 Å². The highest BCUT2D eigenvalue weighted by atomic mass is 16.6. The molecule has 1 aliphatic heterocycles. The van der Waals surface area contributed by atoms with E-state index in [0.29, 0.717) is 16.7 Å². The molecule has 3 rings (SSSR count). The average molecular weight is 273 g/mol. The van der Waals surface area contributed by atoms with E-state index in [1.165, 1.54) is 6.07 Å². The van der Waals surface area contributed by atoms with Gasteiger partial charge in [-0.15, -0.1) is 0 Å². The second-order valence-electron chi connectivity index (χ2n) is 4.81. The van der Waals surface area contributed by atoms with Crippen LogP contribution in [0, 0.1) is 10.1 Å². The molecule has 1 aliphatic rings. The molecule has 1 aromatic heterocycles. The molecule has 20 heavy (non-hydrogen) atoms. The number of nitrogens with one attached hydrogen (secondary N) is 1.